The number of hydrogen-bond donors (Lipinski definition) is 1. The van der Waals surface area contributed by atoms with Crippen LogP contribution < -0.4 is 5.32 Å². The molecule has 0 amide bonds. The highest BCUT2D eigenvalue weighted by Gasteiger charge is 2.12. The minimum Gasteiger partial charge on any atom is -0.353 e. The van der Waals surface area contributed by atoms with Gasteiger partial charge in [0.05, 0.1) is 5.69 Å². The molecule has 0 aliphatic rings. The lowest BCUT2D eigenvalue weighted by Gasteiger charge is -2.19. The van der Waals surface area contributed by atoms with Gasteiger partial charge in [-0.2, -0.15) is 0 Å². The fourth-order valence-electron chi connectivity index (χ4n) is 1.93. The molecule has 1 N–H and O–H groups in total. The molecule has 0 fully saturated rings. The summed E-state index contributed by atoms with van der Waals surface area (Å²) >= 11 is 0. The van der Waals surface area contributed by atoms with Crippen molar-refractivity contribution in [1.29, 1.82) is 0 Å². The van der Waals surface area contributed by atoms with Gasteiger partial charge in [0.2, 0.25) is 5.95 Å². The summed E-state index contributed by atoms with van der Waals surface area (Å²) in [7, 11) is 0. The van der Waals surface area contributed by atoms with E-state index < -0.39 is 0 Å². The number of hydrogen-bond acceptors (Lipinski definition) is 2. The van der Waals surface area contributed by atoms with Crippen LogP contribution in [0.4, 0.5) is 5.95 Å². The molecular weight excluding hydrogens is 198 g/mol. The van der Waals surface area contributed by atoms with Crippen molar-refractivity contribution in [3.05, 3.63) is 11.9 Å². The molecule has 1 rings (SSSR count). The van der Waals surface area contributed by atoms with E-state index in [9.17, 15) is 0 Å². The lowest BCUT2D eigenvalue weighted by atomic mass is 10.1. The summed E-state index contributed by atoms with van der Waals surface area (Å²) < 4.78 is 2.22. The molecule has 1 atom stereocenters. The number of aryl methyl sites for hydroxylation is 1. The van der Waals surface area contributed by atoms with Gasteiger partial charge in [-0.1, -0.05) is 20.3 Å². The van der Waals surface area contributed by atoms with Crippen LogP contribution in [-0.2, 0) is 0 Å². The Morgan fingerprint density at radius 2 is 2.06 bits per heavy atom. The van der Waals surface area contributed by atoms with Crippen molar-refractivity contribution in [2.45, 2.75) is 66.0 Å². The van der Waals surface area contributed by atoms with Gasteiger partial charge in [0.25, 0.3) is 0 Å². The highest BCUT2D eigenvalue weighted by atomic mass is 15.2. The van der Waals surface area contributed by atoms with Gasteiger partial charge in [-0.15, -0.1) is 0 Å². The van der Waals surface area contributed by atoms with Gasteiger partial charge >= 0.3 is 0 Å². The molecule has 1 unspecified atom stereocenters. The maximum absolute atomic E-state index is 4.55. The van der Waals surface area contributed by atoms with Gasteiger partial charge in [-0.3, -0.25) is 0 Å². The van der Waals surface area contributed by atoms with Crippen molar-refractivity contribution < 1.29 is 0 Å². The average molecular weight is 223 g/mol. The number of nitrogens with zero attached hydrogens (tertiary/aromatic N) is 2. The number of nitrogens with one attached hydrogen (secondary N) is 1. The molecule has 92 valence electrons. The van der Waals surface area contributed by atoms with Crippen LogP contribution in [0.15, 0.2) is 6.20 Å². The second-order valence-electron chi connectivity index (χ2n) is 4.75. The van der Waals surface area contributed by atoms with Crippen LogP contribution in [0.25, 0.3) is 0 Å². The lowest BCUT2D eigenvalue weighted by Crippen LogP contribution is -2.21. The Morgan fingerprint density at radius 3 is 2.56 bits per heavy atom. The fraction of sp³-hybridized carbons (Fsp3) is 0.769. The molecule has 3 heteroatoms. The highest BCUT2D eigenvalue weighted by molar-refractivity contribution is 5.30. The zero-order chi connectivity index (χ0) is 12.1. The zero-order valence-corrected chi connectivity index (χ0v) is 11.2. The molecule has 16 heavy (non-hydrogen) atoms. The summed E-state index contributed by atoms with van der Waals surface area (Å²) in [5.41, 5.74) is 1.09. The van der Waals surface area contributed by atoms with E-state index in [2.05, 4.69) is 48.8 Å². The second kappa shape index (κ2) is 5.92. The molecule has 0 aromatic carbocycles. The first-order chi connectivity index (χ1) is 7.58. The van der Waals surface area contributed by atoms with Gasteiger partial charge in [-0.05, 0) is 33.6 Å². The van der Waals surface area contributed by atoms with Gasteiger partial charge < -0.3 is 9.88 Å². The largest absolute Gasteiger partial charge is 0.353 e. The summed E-state index contributed by atoms with van der Waals surface area (Å²) in [6.45, 7) is 10.9. The molecule has 0 aliphatic heterocycles. The predicted octanol–water partition coefficient (Wildman–Crippen LogP) is 3.76. The van der Waals surface area contributed by atoms with Crippen LogP contribution in [-0.4, -0.2) is 15.6 Å². The van der Waals surface area contributed by atoms with Gasteiger partial charge in [0, 0.05) is 18.3 Å². The fourth-order valence-corrected chi connectivity index (χ4v) is 1.93. The van der Waals surface area contributed by atoms with Crippen LogP contribution in [0.1, 0.15) is 58.7 Å². The van der Waals surface area contributed by atoms with Crippen LogP contribution in [0.2, 0.25) is 0 Å². The summed E-state index contributed by atoms with van der Waals surface area (Å²) in [4.78, 5) is 4.55. The normalized spacial score (nSPS) is 13.1. The predicted molar refractivity (Wildman–Crippen MR) is 70.0 cm³/mol. The van der Waals surface area contributed by atoms with E-state index in [1.807, 2.05) is 6.92 Å². The monoisotopic (exact) mass is 223 g/mol. The SMILES string of the molecule is CCCC(CC)Nc1nc(C)cn1C(C)C. The summed E-state index contributed by atoms with van der Waals surface area (Å²) in [5.74, 6) is 1.02. The van der Waals surface area contributed by atoms with E-state index in [4.69, 9.17) is 0 Å². The molecule has 0 bridgehead atoms. The smallest absolute Gasteiger partial charge is 0.203 e. The Labute approximate surface area is 99.3 Å². The number of anilines is 1. The van der Waals surface area contributed by atoms with E-state index in [1.165, 1.54) is 12.8 Å². The Bertz CT molecular complexity index is 315. The molecule has 1 heterocycles. The molecule has 0 radical (unpaired) electrons. The van der Waals surface area contributed by atoms with Crippen LogP contribution in [0, 0.1) is 6.92 Å². The molecule has 1 aromatic rings. The van der Waals surface area contributed by atoms with E-state index in [0.29, 0.717) is 12.1 Å². The van der Waals surface area contributed by atoms with Gasteiger partial charge in [-0.25, -0.2) is 4.98 Å². The molecule has 1 aromatic heterocycles. The minimum absolute atomic E-state index is 0.461. The molecule has 0 spiro atoms. The number of rotatable bonds is 6. The van der Waals surface area contributed by atoms with E-state index in [0.717, 1.165) is 18.1 Å². The Kier molecular flexibility index (Phi) is 4.84. The zero-order valence-electron chi connectivity index (χ0n) is 11.2. The maximum atomic E-state index is 4.55. The van der Waals surface area contributed by atoms with Crippen LogP contribution >= 0.6 is 0 Å². The number of imidazole rings is 1. The van der Waals surface area contributed by atoms with Crippen molar-refractivity contribution >= 4 is 5.95 Å². The van der Waals surface area contributed by atoms with E-state index >= 15 is 0 Å². The first-order valence-electron chi connectivity index (χ1n) is 6.40. The Balaban J connectivity index is 2.78. The Hall–Kier alpha value is -0.990. The third-order valence-electron chi connectivity index (χ3n) is 2.87. The first-order valence-corrected chi connectivity index (χ1v) is 6.40. The second-order valence-corrected chi connectivity index (χ2v) is 4.75. The van der Waals surface area contributed by atoms with Crippen LogP contribution in [0.5, 0.6) is 0 Å². The van der Waals surface area contributed by atoms with Gasteiger partial charge in [0.1, 0.15) is 0 Å². The molecule has 0 saturated heterocycles. The van der Waals surface area contributed by atoms with Crippen molar-refractivity contribution in [3.8, 4) is 0 Å². The summed E-state index contributed by atoms with van der Waals surface area (Å²) in [5, 5.41) is 3.55. The topological polar surface area (TPSA) is 29.9 Å². The summed E-state index contributed by atoms with van der Waals surface area (Å²) in [6.07, 6.45) is 5.69. The number of aromatic nitrogens is 2. The van der Waals surface area contributed by atoms with Crippen molar-refractivity contribution in [1.82, 2.24) is 9.55 Å². The quantitative estimate of drug-likeness (QED) is 0.795. The minimum atomic E-state index is 0.461. The van der Waals surface area contributed by atoms with Crippen molar-refractivity contribution in [2.24, 2.45) is 0 Å². The molecule has 0 aliphatic carbocycles. The van der Waals surface area contributed by atoms with E-state index in [-0.39, 0.29) is 0 Å². The molecule has 0 saturated carbocycles. The highest BCUT2D eigenvalue weighted by Crippen LogP contribution is 2.17. The summed E-state index contributed by atoms with van der Waals surface area (Å²) in [6, 6.07) is 1.01. The standard InChI is InChI=1S/C13H25N3/c1-6-8-12(7-2)15-13-14-11(5)9-16(13)10(3)4/h9-10,12H,6-8H2,1-5H3,(H,14,15). The Morgan fingerprint density at radius 1 is 1.38 bits per heavy atom. The van der Waals surface area contributed by atoms with Crippen molar-refractivity contribution in [3.63, 3.8) is 0 Å². The molecule has 3 nitrogen and oxygen atoms in total. The van der Waals surface area contributed by atoms with Gasteiger partial charge in [0.15, 0.2) is 0 Å². The molecular formula is C13H25N3. The first kappa shape index (κ1) is 13.1. The third-order valence-corrected chi connectivity index (χ3v) is 2.87. The maximum Gasteiger partial charge on any atom is 0.203 e. The third kappa shape index (κ3) is 3.26. The van der Waals surface area contributed by atoms with Crippen molar-refractivity contribution in [2.75, 3.05) is 5.32 Å². The van der Waals surface area contributed by atoms with E-state index in [1.54, 1.807) is 0 Å². The lowest BCUT2D eigenvalue weighted by molar-refractivity contribution is 0.576. The van der Waals surface area contributed by atoms with Crippen LogP contribution in [0.3, 0.4) is 0 Å². The average Bonchev–Trinajstić information content (AvgIpc) is 2.59.